The Morgan fingerprint density at radius 3 is 2.35 bits per heavy atom. The second kappa shape index (κ2) is 10.5. The number of nitrogens with zero attached hydrogens (tertiary/aromatic N) is 1. The monoisotopic (exact) mass is 545 g/mol. The minimum atomic E-state index is -4.99. The average molecular weight is 545 g/mol. The topological polar surface area (TPSA) is 127 Å². The molecule has 37 heavy (non-hydrogen) atoms. The van der Waals surface area contributed by atoms with Crippen LogP contribution in [0.25, 0.3) is 0 Å². The highest BCUT2D eigenvalue weighted by Crippen LogP contribution is 2.37. The molecular weight excluding hydrogens is 521 g/mol. The first-order valence-electron chi connectivity index (χ1n) is 10.4. The van der Waals surface area contributed by atoms with Crippen LogP contribution in [0.3, 0.4) is 0 Å². The second-order valence-electron chi connectivity index (χ2n) is 8.48. The summed E-state index contributed by atoms with van der Waals surface area (Å²) < 4.78 is 70.0. The van der Waals surface area contributed by atoms with Crippen molar-refractivity contribution in [3.63, 3.8) is 0 Å². The Kier molecular flexibility index (Phi) is 8.44. The van der Waals surface area contributed by atoms with Crippen LogP contribution in [-0.2, 0) is 27.1 Å². The minimum absolute atomic E-state index is 0.0443. The van der Waals surface area contributed by atoms with Crippen LogP contribution >= 0.6 is 7.60 Å². The first kappa shape index (κ1) is 29.8. The molecule has 3 N–H and O–H groups in total. The normalized spacial score (nSPS) is 14.7. The van der Waals surface area contributed by atoms with E-state index in [9.17, 15) is 41.4 Å². The molecule has 0 saturated carbocycles. The van der Waals surface area contributed by atoms with Crippen molar-refractivity contribution in [2.75, 3.05) is 18.6 Å². The van der Waals surface area contributed by atoms with Gasteiger partial charge in [0.05, 0.1) is 17.7 Å². The Morgan fingerprint density at radius 2 is 1.84 bits per heavy atom. The fraction of sp³-hybridized carbons (Fsp3) is 0.348. The molecular formula is C23H24F4N3O6P. The van der Waals surface area contributed by atoms with Crippen molar-refractivity contribution in [1.82, 2.24) is 9.88 Å². The summed E-state index contributed by atoms with van der Waals surface area (Å²) in [5, 5.41) is 4.49. The number of hydrogen-bond donors (Lipinski definition) is 3. The molecule has 0 aliphatic heterocycles. The lowest BCUT2D eigenvalue weighted by atomic mass is 10.0. The molecule has 200 valence electrons. The van der Waals surface area contributed by atoms with Crippen LogP contribution in [0, 0.1) is 32.0 Å². The summed E-state index contributed by atoms with van der Waals surface area (Å²) in [5.74, 6) is -2.52. The van der Waals surface area contributed by atoms with Crippen LogP contribution in [0.5, 0.6) is 0 Å². The Bertz CT molecular complexity index is 1360. The van der Waals surface area contributed by atoms with Gasteiger partial charge in [0.15, 0.2) is 0 Å². The highest BCUT2D eigenvalue weighted by atomic mass is 31.2. The summed E-state index contributed by atoms with van der Waals surface area (Å²) in [6.45, 7) is 4.42. The molecule has 2 aromatic rings. The number of hydrogen-bond acceptors (Lipinski definition) is 5. The third-order valence-electron chi connectivity index (χ3n) is 5.41. The number of nitrogens with one attached hydrogen (secondary N) is 2. The number of halogens is 4. The first-order chi connectivity index (χ1) is 16.8. The van der Waals surface area contributed by atoms with Crippen LogP contribution in [0.4, 0.5) is 23.2 Å². The summed E-state index contributed by atoms with van der Waals surface area (Å²) in [7, 11) is -2.54. The number of amides is 2. The van der Waals surface area contributed by atoms with E-state index in [-0.39, 0.29) is 28.2 Å². The van der Waals surface area contributed by atoms with Gasteiger partial charge in [0, 0.05) is 25.1 Å². The van der Waals surface area contributed by atoms with Crippen LogP contribution in [0.2, 0.25) is 0 Å². The number of benzene rings is 1. The number of Topliss-reactive ketones (excluding diaryl/α,β-unsaturated/α-hetero) is 1. The molecule has 0 radical (unpaired) electrons. The van der Waals surface area contributed by atoms with Gasteiger partial charge < -0.3 is 24.6 Å². The summed E-state index contributed by atoms with van der Waals surface area (Å²) in [5.41, 5.74) is -3.61. The second-order valence-corrected chi connectivity index (χ2v) is 10.3. The SMILES string of the molecule is C#CC(C)(COP(C)(=O)O)NC(=O)C(=O)c1c(C)c(C(=O)Nc2ccc(F)c(C(F)(F)F)c2)n(C)c1C. The summed E-state index contributed by atoms with van der Waals surface area (Å²) in [6, 6.07) is 1.93. The van der Waals surface area contributed by atoms with E-state index in [1.54, 1.807) is 0 Å². The molecule has 2 atom stereocenters. The van der Waals surface area contributed by atoms with Crippen molar-refractivity contribution in [2.45, 2.75) is 32.5 Å². The molecule has 1 aromatic carbocycles. The van der Waals surface area contributed by atoms with Gasteiger partial charge in [0.2, 0.25) is 0 Å². The van der Waals surface area contributed by atoms with Gasteiger partial charge >= 0.3 is 13.8 Å². The van der Waals surface area contributed by atoms with Crippen molar-refractivity contribution in [2.24, 2.45) is 7.05 Å². The molecule has 1 heterocycles. The van der Waals surface area contributed by atoms with E-state index in [4.69, 9.17) is 10.9 Å². The lowest BCUT2D eigenvalue weighted by molar-refractivity contribution is -0.140. The molecule has 0 aliphatic rings. The maximum absolute atomic E-state index is 13.6. The zero-order chi connectivity index (χ0) is 28.5. The summed E-state index contributed by atoms with van der Waals surface area (Å²) in [4.78, 5) is 47.9. The number of carbonyl (C=O) groups excluding carboxylic acids is 3. The number of anilines is 1. The predicted octanol–water partition coefficient (Wildman–Crippen LogP) is 3.57. The van der Waals surface area contributed by atoms with Crippen LogP contribution in [-0.4, -0.2) is 45.9 Å². The molecule has 9 nitrogen and oxygen atoms in total. The van der Waals surface area contributed by atoms with E-state index in [1.807, 2.05) is 0 Å². The Hall–Kier alpha value is -3.46. The fourth-order valence-electron chi connectivity index (χ4n) is 3.43. The Labute approximate surface area is 209 Å². The molecule has 2 amide bonds. The molecule has 2 unspecified atom stereocenters. The largest absolute Gasteiger partial charge is 0.419 e. The van der Waals surface area contributed by atoms with Gasteiger partial charge in [-0.1, -0.05) is 5.92 Å². The molecule has 1 aromatic heterocycles. The standard InChI is InChI=1S/C23H24F4N3O6P/c1-7-22(4,11-36-37(6,34)35)29-21(33)19(31)17-12(2)18(30(5)13(17)3)20(32)28-14-8-9-16(24)15(10-14)23(25,26)27/h1,8-10H,11H2,2-6H3,(H,28,32)(H,29,33)(H,34,35). The van der Waals surface area contributed by atoms with Crippen LogP contribution in [0.1, 0.15) is 44.6 Å². The number of aromatic nitrogens is 1. The molecule has 0 spiro atoms. The molecule has 2 rings (SSSR count). The number of carbonyl (C=O) groups is 3. The Balaban J connectivity index is 2.35. The highest BCUT2D eigenvalue weighted by Gasteiger charge is 2.35. The number of rotatable bonds is 8. The highest BCUT2D eigenvalue weighted by molar-refractivity contribution is 7.51. The number of terminal acetylenes is 1. The maximum atomic E-state index is 13.6. The van der Waals surface area contributed by atoms with Crippen molar-refractivity contribution in [1.29, 1.82) is 0 Å². The molecule has 14 heteroatoms. The van der Waals surface area contributed by atoms with Crippen LogP contribution < -0.4 is 10.6 Å². The van der Waals surface area contributed by atoms with Gasteiger partial charge in [-0.25, -0.2) is 4.39 Å². The zero-order valence-corrected chi connectivity index (χ0v) is 21.3. The lowest BCUT2D eigenvalue weighted by Crippen LogP contribution is -2.50. The third-order valence-corrected chi connectivity index (χ3v) is 6.02. The smallest absolute Gasteiger partial charge is 0.343 e. The van der Waals surface area contributed by atoms with E-state index >= 15 is 0 Å². The molecule has 0 aliphatic carbocycles. The number of ketones is 1. The molecule has 0 saturated heterocycles. The first-order valence-corrected chi connectivity index (χ1v) is 12.5. The fourth-order valence-corrected chi connectivity index (χ4v) is 3.93. The van der Waals surface area contributed by atoms with Crippen molar-refractivity contribution < 1.29 is 45.9 Å². The van der Waals surface area contributed by atoms with E-state index in [1.165, 1.54) is 32.4 Å². The van der Waals surface area contributed by atoms with Crippen molar-refractivity contribution >= 4 is 30.9 Å². The predicted molar refractivity (Wildman–Crippen MR) is 126 cm³/mol. The zero-order valence-electron chi connectivity index (χ0n) is 20.4. The average Bonchev–Trinajstić information content (AvgIpc) is 3.00. The third kappa shape index (κ3) is 6.85. The summed E-state index contributed by atoms with van der Waals surface area (Å²) in [6.07, 6.45) is 0.405. The van der Waals surface area contributed by atoms with Gasteiger partial charge in [0.25, 0.3) is 17.6 Å². The Morgan fingerprint density at radius 1 is 1.24 bits per heavy atom. The van der Waals surface area contributed by atoms with Crippen LogP contribution in [0.15, 0.2) is 18.2 Å². The quantitative estimate of drug-likeness (QED) is 0.153. The lowest BCUT2D eigenvalue weighted by Gasteiger charge is -2.25. The molecule has 0 fully saturated rings. The van der Waals surface area contributed by atoms with Gasteiger partial charge in [-0.2, -0.15) is 13.2 Å². The summed E-state index contributed by atoms with van der Waals surface area (Å²) >= 11 is 0. The van der Waals surface area contributed by atoms with E-state index in [2.05, 4.69) is 16.6 Å². The van der Waals surface area contributed by atoms with E-state index in [0.29, 0.717) is 12.1 Å². The number of alkyl halides is 3. The minimum Gasteiger partial charge on any atom is -0.343 e. The van der Waals surface area contributed by atoms with Gasteiger partial charge in [-0.15, -0.1) is 6.42 Å². The van der Waals surface area contributed by atoms with Crippen molar-refractivity contribution in [3.05, 3.63) is 52.1 Å². The van der Waals surface area contributed by atoms with Gasteiger partial charge in [0.1, 0.15) is 17.1 Å². The van der Waals surface area contributed by atoms with E-state index in [0.717, 1.165) is 12.7 Å². The van der Waals surface area contributed by atoms with E-state index < -0.39 is 54.9 Å². The van der Waals surface area contributed by atoms with Crippen molar-refractivity contribution in [3.8, 4) is 12.3 Å². The molecule has 0 bridgehead atoms. The van der Waals surface area contributed by atoms with Gasteiger partial charge in [-0.3, -0.25) is 18.9 Å². The maximum Gasteiger partial charge on any atom is 0.419 e. The van der Waals surface area contributed by atoms with Gasteiger partial charge in [-0.05, 0) is 44.5 Å².